The molecule has 3 nitrogen and oxygen atoms in total. The number of rotatable bonds is 6. The van der Waals surface area contributed by atoms with E-state index in [0.717, 1.165) is 17.9 Å². The predicted molar refractivity (Wildman–Crippen MR) is 66.1 cm³/mol. The highest BCUT2D eigenvalue weighted by molar-refractivity contribution is 7.99. The van der Waals surface area contributed by atoms with Gasteiger partial charge in [0.1, 0.15) is 0 Å². The molecule has 0 saturated heterocycles. The molecule has 1 unspecified atom stereocenters. The van der Waals surface area contributed by atoms with Crippen LogP contribution in [0.25, 0.3) is 0 Å². The van der Waals surface area contributed by atoms with E-state index in [0.29, 0.717) is 0 Å². The molecule has 86 valence electrons. The van der Waals surface area contributed by atoms with Crippen LogP contribution in [0.1, 0.15) is 27.2 Å². The molecule has 5 heteroatoms. The largest absolute Gasteiger partial charge is 0.352 e. The Bertz CT molecular complexity index is 156. The number of hydrogen-bond donors (Lipinski definition) is 2. The minimum atomic E-state index is -0.402. The van der Waals surface area contributed by atoms with E-state index >= 15 is 0 Å². The Morgan fingerprint density at radius 1 is 1.50 bits per heavy atom. The third-order valence-corrected chi connectivity index (χ3v) is 2.63. The van der Waals surface area contributed by atoms with E-state index in [1.54, 1.807) is 6.92 Å². The summed E-state index contributed by atoms with van der Waals surface area (Å²) in [5, 5.41) is 2.86. The molecule has 3 N–H and O–H groups in total. The van der Waals surface area contributed by atoms with E-state index in [-0.39, 0.29) is 24.4 Å². The Morgan fingerprint density at radius 2 is 2.07 bits per heavy atom. The number of thioether (sulfide) groups is 1. The normalized spacial score (nSPS) is 14.0. The van der Waals surface area contributed by atoms with Crippen LogP contribution in [0.4, 0.5) is 0 Å². The first-order chi connectivity index (χ1) is 6.07. The highest BCUT2D eigenvalue weighted by Gasteiger charge is 2.10. The second-order valence-electron chi connectivity index (χ2n) is 3.18. The van der Waals surface area contributed by atoms with Gasteiger partial charge in [-0.3, -0.25) is 4.79 Å². The molecular formula is C9H21ClN2OS. The lowest BCUT2D eigenvalue weighted by Crippen LogP contribution is -2.42. The fourth-order valence-electron chi connectivity index (χ4n) is 0.851. The molecule has 14 heavy (non-hydrogen) atoms. The average molecular weight is 241 g/mol. The van der Waals surface area contributed by atoms with Gasteiger partial charge in [0.2, 0.25) is 5.91 Å². The van der Waals surface area contributed by atoms with E-state index < -0.39 is 6.04 Å². The van der Waals surface area contributed by atoms with E-state index in [2.05, 4.69) is 12.2 Å². The summed E-state index contributed by atoms with van der Waals surface area (Å²) < 4.78 is 0. The fraction of sp³-hybridized carbons (Fsp3) is 0.889. The maximum absolute atomic E-state index is 11.1. The van der Waals surface area contributed by atoms with Gasteiger partial charge in [0.05, 0.1) is 6.04 Å². The van der Waals surface area contributed by atoms with Crippen molar-refractivity contribution in [1.29, 1.82) is 0 Å². The van der Waals surface area contributed by atoms with Gasteiger partial charge in [-0.25, -0.2) is 0 Å². The van der Waals surface area contributed by atoms with Crippen molar-refractivity contribution in [3.05, 3.63) is 0 Å². The molecule has 0 aliphatic rings. The van der Waals surface area contributed by atoms with Crippen LogP contribution in [0.2, 0.25) is 0 Å². The number of nitrogens with one attached hydrogen (secondary N) is 1. The lowest BCUT2D eigenvalue weighted by atomic mass is 10.2. The molecule has 1 amide bonds. The summed E-state index contributed by atoms with van der Waals surface area (Å²) in [5.41, 5.74) is 5.42. The van der Waals surface area contributed by atoms with Crippen LogP contribution in [0.5, 0.6) is 0 Å². The van der Waals surface area contributed by atoms with Crippen molar-refractivity contribution in [2.24, 2.45) is 5.73 Å². The number of hydrogen-bond acceptors (Lipinski definition) is 3. The van der Waals surface area contributed by atoms with Crippen molar-refractivity contribution >= 4 is 30.1 Å². The zero-order chi connectivity index (χ0) is 10.3. The Hall–Kier alpha value is 0.0700. The molecule has 0 saturated carbocycles. The lowest BCUT2D eigenvalue weighted by molar-refractivity contribution is -0.122. The van der Waals surface area contributed by atoms with Gasteiger partial charge in [-0.2, -0.15) is 11.8 Å². The standard InChI is InChI=1S/C9H20N2OS.ClH/c1-4-13-6-5-7(2)11-9(12)8(3)10;/h7-8H,4-6,10H2,1-3H3,(H,11,12);1H/t7?,8-;/m0./s1. The van der Waals surface area contributed by atoms with Crippen molar-refractivity contribution in [1.82, 2.24) is 5.32 Å². The van der Waals surface area contributed by atoms with Crippen molar-refractivity contribution < 1.29 is 4.79 Å². The van der Waals surface area contributed by atoms with Gasteiger partial charge in [0.15, 0.2) is 0 Å². The van der Waals surface area contributed by atoms with Gasteiger partial charge in [-0.15, -0.1) is 12.4 Å². The molecule has 0 aliphatic carbocycles. The molecule has 0 aliphatic heterocycles. The summed E-state index contributed by atoms with van der Waals surface area (Å²) in [6, 6.07) is -0.168. The SMILES string of the molecule is CCSCCC(C)NC(=O)[C@H](C)N.Cl. The van der Waals surface area contributed by atoms with Crippen LogP contribution in [-0.2, 0) is 4.79 Å². The van der Waals surface area contributed by atoms with Crippen molar-refractivity contribution in [2.45, 2.75) is 39.3 Å². The number of carbonyl (C=O) groups excluding carboxylic acids is 1. The van der Waals surface area contributed by atoms with Gasteiger partial charge < -0.3 is 11.1 Å². The molecule has 0 bridgehead atoms. The van der Waals surface area contributed by atoms with Crippen molar-refractivity contribution in [3.63, 3.8) is 0 Å². The van der Waals surface area contributed by atoms with Crippen molar-refractivity contribution in [3.8, 4) is 0 Å². The molecule has 0 spiro atoms. The molecule has 0 fully saturated rings. The minimum absolute atomic E-state index is 0. The maximum atomic E-state index is 11.1. The molecule has 2 atom stereocenters. The summed E-state index contributed by atoms with van der Waals surface area (Å²) in [4.78, 5) is 11.1. The maximum Gasteiger partial charge on any atom is 0.236 e. The molecule has 0 aromatic carbocycles. The fourth-order valence-corrected chi connectivity index (χ4v) is 1.66. The summed E-state index contributed by atoms with van der Waals surface area (Å²) in [5.74, 6) is 2.17. The summed E-state index contributed by atoms with van der Waals surface area (Å²) in [6.45, 7) is 5.84. The molecule has 0 rings (SSSR count). The summed E-state index contributed by atoms with van der Waals surface area (Å²) in [7, 11) is 0. The summed E-state index contributed by atoms with van der Waals surface area (Å²) >= 11 is 1.89. The Balaban J connectivity index is 0. The molecule has 0 heterocycles. The van der Waals surface area contributed by atoms with E-state index in [1.165, 1.54) is 0 Å². The first-order valence-electron chi connectivity index (χ1n) is 4.71. The zero-order valence-electron chi connectivity index (χ0n) is 9.08. The minimum Gasteiger partial charge on any atom is -0.352 e. The van der Waals surface area contributed by atoms with Crippen LogP contribution in [-0.4, -0.2) is 29.5 Å². The van der Waals surface area contributed by atoms with Gasteiger partial charge in [0, 0.05) is 6.04 Å². The first kappa shape index (κ1) is 16.5. The number of nitrogens with two attached hydrogens (primary N) is 1. The number of carbonyl (C=O) groups is 1. The Kier molecular flexibility index (Phi) is 11.3. The topological polar surface area (TPSA) is 55.1 Å². The van der Waals surface area contributed by atoms with E-state index in [9.17, 15) is 4.79 Å². The van der Waals surface area contributed by atoms with Gasteiger partial charge in [-0.1, -0.05) is 6.92 Å². The second-order valence-corrected chi connectivity index (χ2v) is 4.58. The van der Waals surface area contributed by atoms with Gasteiger partial charge in [0.25, 0.3) is 0 Å². The predicted octanol–water partition coefficient (Wildman–Crippen LogP) is 1.40. The highest BCUT2D eigenvalue weighted by Crippen LogP contribution is 2.03. The average Bonchev–Trinajstić information content (AvgIpc) is 2.04. The Labute approximate surface area is 97.0 Å². The third kappa shape index (κ3) is 8.66. The molecular weight excluding hydrogens is 220 g/mol. The van der Waals surface area contributed by atoms with E-state index in [4.69, 9.17) is 5.73 Å². The van der Waals surface area contributed by atoms with Crippen molar-refractivity contribution in [2.75, 3.05) is 11.5 Å². The van der Waals surface area contributed by atoms with E-state index in [1.807, 2.05) is 18.7 Å². The van der Waals surface area contributed by atoms with Crippen LogP contribution in [0.15, 0.2) is 0 Å². The quantitative estimate of drug-likeness (QED) is 0.691. The third-order valence-electron chi connectivity index (χ3n) is 1.70. The van der Waals surface area contributed by atoms with Crippen LogP contribution < -0.4 is 11.1 Å². The molecule has 0 aromatic rings. The number of amides is 1. The highest BCUT2D eigenvalue weighted by atomic mass is 35.5. The van der Waals surface area contributed by atoms with Crippen LogP contribution in [0, 0.1) is 0 Å². The summed E-state index contributed by atoms with van der Waals surface area (Å²) in [6.07, 6.45) is 1.01. The Morgan fingerprint density at radius 3 is 2.50 bits per heavy atom. The van der Waals surface area contributed by atoms with Crippen LogP contribution >= 0.6 is 24.2 Å². The smallest absolute Gasteiger partial charge is 0.236 e. The lowest BCUT2D eigenvalue weighted by Gasteiger charge is -2.14. The first-order valence-corrected chi connectivity index (χ1v) is 5.87. The number of halogens is 1. The van der Waals surface area contributed by atoms with Gasteiger partial charge >= 0.3 is 0 Å². The molecule has 0 radical (unpaired) electrons. The van der Waals surface area contributed by atoms with Gasteiger partial charge in [-0.05, 0) is 31.8 Å². The zero-order valence-corrected chi connectivity index (χ0v) is 10.7. The second kappa shape index (κ2) is 9.62. The van der Waals surface area contributed by atoms with Crippen LogP contribution in [0.3, 0.4) is 0 Å². The monoisotopic (exact) mass is 240 g/mol. The molecule has 0 aromatic heterocycles.